The molecule has 0 bridgehead atoms. The number of ether oxygens (including phenoxy) is 1. The van der Waals surface area contributed by atoms with Gasteiger partial charge in [-0.2, -0.15) is 4.99 Å². The first-order valence-electron chi connectivity index (χ1n) is 4.65. The van der Waals surface area contributed by atoms with Crippen molar-refractivity contribution in [2.75, 3.05) is 7.11 Å². The van der Waals surface area contributed by atoms with E-state index < -0.39 is 11.7 Å². The molecule has 88 valence electrons. The Labute approximate surface area is 101 Å². The van der Waals surface area contributed by atoms with Crippen LogP contribution in [0, 0.1) is 5.82 Å². The zero-order valence-electron chi connectivity index (χ0n) is 8.81. The fraction of sp³-hybridized carbons (Fsp3) is 0.0909. The van der Waals surface area contributed by atoms with Crippen molar-refractivity contribution >= 4 is 29.0 Å². The molecule has 0 aliphatic carbocycles. The van der Waals surface area contributed by atoms with Gasteiger partial charge in [-0.1, -0.05) is 0 Å². The summed E-state index contributed by atoms with van der Waals surface area (Å²) in [6, 6.07) is 3.57. The number of aromatic hydroxyl groups is 1. The first-order valence-corrected chi connectivity index (χ1v) is 5.47. The molecule has 1 aliphatic rings. The molecule has 1 aromatic rings. The highest BCUT2D eigenvalue weighted by Crippen LogP contribution is 2.31. The summed E-state index contributed by atoms with van der Waals surface area (Å²) in [5.74, 6) is -1.20. The van der Waals surface area contributed by atoms with E-state index in [1.165, 1.54) is 25.3 Å². The summed E-state index contributed by atoms with van der Waals surface area (Å²) in [6.07, 6.45) is 1.44. The van der Waals surface area contributed by atoms with E-state index in [1.807, 2.05) is 0 Å². The number of methoxy groups -OCH3 is 1. The van der Waals surface area contributed by atoms with Gasteiger partial charge in [0.1, 0.15) is 11.6 Å². The van der Waals surface area contributed by atoms with Crippen LogP contribution in [0.25, 0.3) is 6.08 Å². The van der Waals surface area contributed by atoms with Crippen molar-refractivity contribution in [1.82, 2.24) is 0 Å². The second-order valence-corrected chi connectivity index (χ2v) is 4.19. The Morgan fingerprint density at radius 3 is 2.88 bits per heavy atom. The Kier molecular flexibility index (Phi) is 3.14. The quantitative estimate of drug-likeness (QED) is 0.779. The third kappa shape index (κ3) is 2.47. The normalized spacial score (nSPS) is 17.4. The van der Waals surface area contributed by atoms with Crippen LogP contribution in [0.4, 0.5) is 4.39 Å². The molecule has 1 N–H and O–H groups in total. The number of aliphatic imine (C=N–C) groups is 1. The Morgan fingerprint density at radius 1 is 1.53 bits per heavy atom. The van der Waals surface area contributed by atoms with E-state index in [1.54, 1.807) is 0 Å². The smallest absolute Gasteiger partial charge is 0.287 e. The maximum absolute atomic E-state index is 12.8. The average Bonchev–Trinajstić information content (AvgIpc) is 2.64. The van der Waals surface area contributed by atoms with Gasteiger partial charge < -0.3 is 9.84 Å². The number of hydrogen-bond donors (Lipinski definition) is 1. The van der Waals surface area contributed by atoms with Crippen LogP contribution in [0.2, 0.25) is 0 Å². The fourth-order valence-electron chi connectivity index (χ4n) is 1.26. The summed E-state index contributed by atoms with van der Waals surface area (Å²) >= 11 is 1.06. The van der Waals surface area contributed by atoms with Crippen LogP contribution in [0.5, 0.6) is 5.75 Å². The molecule has 1 heterocycles. The number of hydrogen-bond acceptors (Lipinski definition) is 4. The van der Waals surface area contributed by atoms with Crippen molar-refractivity contribution in [2.24, 2.45) is 4.99 Å². The Balaban J connectivity index is 2.29. The molecule has 0 radical (unpaired) electrons. The molecule has 4 nitrogen and oxygen atoms in total. The van der Waals surface area contributed by atoms with Crippen molar-refractivity contribution < 1.29 is 19.0 Å². The Bertz CT molecular complexity index is 540. The predicted octanol–water partition coefficient (Wildman–Crippen LogP) is 2.15. The maximum Gasteiger partial charge on any atom is 0.287 e. The van der Waals surface area contributed by atoms with Crippen LogP contribution >= 0.6 is 11.8 Å². The summed E-state index contributed by atoms with van der Waals surface area (Å²) in [5, 5.41) is 9.74. The zero-order valence-corrected chi connectivity index (χ0v) is 9.62. The standard InChI is InChI=1S/C11H8FNO3S/c1-16-11-13-10(15)9(17-11)4-6-2-3-7(12)5-8(6)14/h2-5,14H,1H3/b9-4-. The van der Waals surface area contributed by atoms with E-state index >= 15 is 0 Å². The first-order chi connectivity index (χ1) is 8.10. The minimum Gasteiger partial charge on any atom is -0.507 e. The number of phenols is 1. The molecular formula is C11H8FNO3S. The molecule has 0 unspecified atom stereocenters. The first kappa shape index (κ1) is 11.7. The highest BCUT2D eigenvalue weighted by atomic mass is 32.2. The molecule has 1 amide bonds. The highest BCUT2D eigenvalue weighted by Gasteiger charge is 2.22. The van der Waals surface area contributed by atoms with Gasteiger partial charge in [-0.3, -0.25) is 4.79 Å². The third-order valence-electron chi connectivity index (χ3n) is 2.05. The lowest BCUT2D eigenvalue weighted by Gasteiger charge is -2.00. The minimum atomic E-state index is -0.538. The number of carbonyl (C=O) groups is 1. The summed E-state index contributed by atoms with van der Waals surface area (Å²) < 4.78 is 17.6. The lowest BCUT2D eigenvalue weighted by Crippen LogP contribution is -1.88. The van der Waals surface area contributed by atoms with Gasteiger partial charge in [-0.25, -0.2) is 4.39 Å². The lowest BCUT2D eigenvalue weighted by molar-refractivity contribution is -0.113. The van der Waals surface area contributed by atoms with Gasteiger partial charge >= 0.3 is 0 Å². The monoisotopic (exact) mass is 253 g/mol. The number of carbonyl (C=O) groups excluding carboxylic acids is 1. The van der Waals surface area contributed by atoms with Gasteiger partial charge in [0.05, 0.1) is 12.0 Å². The maximum atomic E-state index is 12.8. The van der Waals surface area contributed by atoms with Gasteiger partial charge in [0, 0.05) is 11.6 Å². The number of nitrogens with zero attached hydrogens (tertiary/aromatic N) is 1. The molecule has 0 aromatic heterocycles. The van der Waals surface area contributed by atoms with Gasteiger partial charge in [0.2, 0.25) is 0 Å². The number of halogens is 1. The van der Waals surface area contributed by atoms with Crippen LogP contribution in [0.1, 0.15) is 5.56 Å². The predicted molar refractivity (Wildman–Crippen MR) is 63.1 cm³/mol. The van der Waals surface area contributed by atoms with E-state index in [4.69, 9.17) is 4.74 Å². The van der Waals surface area contributed by atoms with E-state index in [0.717, 1.165) is 17.8 Å². The SMILES string of the molecule is COC1=NC(=O)/C(=C/c2ccc(F)cc2O)S1. The summed E-state index contributed by atoms with van der Waals surface area (Å²) in [6.45, 7) is 0. The second kappa shape index (κ2) is 4.58. The number of thioether (sulfide) groups is 1. The fourth-order valence-corrected chi connectivity index (χ4v) is 1.98. The van der Waals surface area contributed by atoms with Crippen molar-refractivity contribution in [3.05, 3.63) is 34.5 Å². The van der Waals surface area contributed by atoms with Crippen LogP contribution in [-0.2, 0) is 9.53 Å². The molecule has 0 saturated heterocycles. The van der Waals surface area contributed by atoms with Gasteiger partial charge in [0.15, 0.2) is 0 Å². The van der Waals surface area contributed by atoms with E-state index in [9.17, 15) is 14.3 Å². The van der Waals surface area contributed by atoms with Gasteiger partial charge in [-0.15, -0.1) is 0 Å². The summed E-state index contributed by atoms with van der Waals surface area (Å²) in [7, 11) is 1.41. The third-order valence-corrected chi connectivity index (χ3v) is 3.00. The van der Waals surface area contributed by atoms with Gasteiger partial charge in [-0.05, 0) is 30.0 Å². The van der Waals surface area contributed by atoms with Crippen LogP contribution in [0.15, 0.2) is 28.1 Å². The van der Waals surface area contributed by atoms with E-state index in [-0.39, 0.29) is 11.0 Å². The van der Waals surface area contributed by atoms with Crippen LogP contribution in [-0.4, -0.2) is 23.4 Å². The van der Waals surface area contributed by atoms with Crippen LogP contribution < -0.4 is 0 Å². The molecule has 0 saturated carbocycles. The van der Waals surface area contributed by atoms with E-state index in [0.29, 0.717) is 10.5 Å². The summed E-state index contributed by atoms with van der Waals surface area (Å²) in [5.41, 5.74) is 0.356. The number of phenolic OH excluding ortho intramolecular Hbond substituents is 1. The Morgan fingerprint density at radius 2 is 2.29 bits per heavy atom. The molecule has 17 heavy (non-hydrogen) atoms. The second-order valence-electron chi connectivity index (χ2n) is 3.20. The largest absolute Gasteiger partial charge is 0.507 e. The van der Waals surface area contributed by atoms with Crippen molar-refractivity contribution in [2.45, 2.75) is 0 Å². The van der Waals surface area contributed by atoms with Crippen molar-refractivity contribution in [3.8, 4) is 5.75 Å². The molecular weight excluding hydrogens is 245 g/mol. The molecule has 0 spiro atoms. The lowest BCUT2D eigenvalue weighted by atomic mass is 10.2. The number of amides is 1. The van der Waals surface area contributed by atoms with Crippen LogP contribution in [0.3, 0.4) is 0 Å². The van der Waals surface area contributed by atoms with Crippen molar-refractivity contribution in [3.63, 3.8) is 0 Å². The number of benzene rings is 1. The highest BCUT2D eigenvalue weighted by molar-refractivity contribution is 8.18. The van der Waals surface area contributed by atoms with Gasteiger partial charge in [0.25, 0.3) is 11.1 Å². The molecule has 1 aliphatic heterocycles. The molecule has 2 rings (SSSR count). The minimum absolute atomic E-state index is 0.225. The average molecular weight is 253 g/mol. The topological polar surface area (TPSA) is 58.9 Å². The molecule has 0 fully saturated rings. The number of rotatable bonds is 1. The summed E-state index contributed by atoms with van der Waals surface area (Å²) in [4.78, 5) is 15.4. The van der Waals surface area contributed by atoms with E-state index in [2.05, 4.69) is 4.99 Å². The molecule has 6 heteroatoms. The van der Waals surface area contributed by atoms with Crippen molar-refractivity contribution in [1.29, 1.82) is 0 Å². The molecule has 1 aromatic carbocycles. The molecule has 0 atom stereocenters. The Hall–Kier alpha value is -1.82. The zero-order chi connectivity index (χ0) is 12.4.